The molecular weight excluding hydrogens is 282 g/mol. The summed E-state index contributed by atoms with van der Waals surface area (Å²) < 4.78 is 1.83. The lowest BCUT2D eigenvalue weighted by Gasteiger charge is -2.08. The van der Waals surface area contributed by atoms with E-state index in [4.69, 9.17) is 0 Å². The maximum atomic E-state index is 12.1. The summed E-state index contributed by atoms with van der Waals surface area (Å²) in [5, 5.41) is 4.19. The molecule has 0 aliphatic heterocycles. The fourth-order valence-electron chi connectivity index (χ4n) is 2.03. The van der Waals surface area contributed by atoms with Gasteiger partial charge in [0.1, 0.15) is 12.2 Å². The molecule has 1 aromatic carbocycles. The van der Waals surface area contributed by atoms with Crippen molar-refractivity contribution in [3.63, 3.8) is 0 Å². The molecule has 1 heterocycles. The third-order valence-corrected chi connectivity index (χ3v) is 4.31. The van der Waals surface area contributed by atoms with Gasteiger partial charge < -0.3 is 0 Å². The van der Waals surface area contributed by atoms with E-state index in [2.05, 4.69) is 43.0 Å². The number of aromatic nitrogens is 3. The molecule has 0 N–H and O–H groups in total. The minimum absolute atomic E-state index is 0.182. The molecule has 0 aliphatic rings. The first-order valence-corrected chi connectivity index (χ1v) is 8.11. The predicted molar refractivity (Wildman–Crippen MR) is 85.5 cm³/mol. The van der Waals surface area contributed by atoms with Crippen LogP contribution >= 0.6 is 11.8 Å². The number of rotatable bonds is 7. The Morgan fingerprint density at radius 3 is 2.81 bits per heavy atom. The molecule has 21 heavy (non-hydrogen) atoms. The number of carbonyl (C=O) groups is 1. The monoisotopic (exact) mass is 303 g/mol. The van der Waals surface area contributed by atoms with Crippen molar-refractivity contribution in [3.8, 4) is 0 Å². The summed E-state index contributed by atoms with van der Waals surface area (Å²) in [6.45, 7) is 7.11. The largest absolute Gasteiger partial charge is 0.298 e. The van der Waals surface area contributed by atoms with E-state index >= 15 is 0 Å². The summed E-state index contributed by atoms with van der Waals surface area (Å²) in [6.07, 6.45) is 1.88. The number of Topliss-reactive ketones (excluding diaryl/α,β-unsaturated/α-hetero) is 1. The molecule has 0 amide bonds. The number of aryl methyl sites for hydroxylation is 1. The van der Waals surface area contributed by atoms with Gasteiger partial charge in [0.2, 0.25) is 0 Å². The SMILES string of the molecule is Cc1ccccc1SCC(=O)Cc1ncnn1CC(C)C. The van der Waals surface area contributed by atoms with E-state index in [9.17, 15) is 4.79 Å². The van der Waals surface area contributed by atoms with Crippen molar-refractivity contribution in [1.82, 2.24) is 14.8 Å². The van der Waals surface area contributed by atoms with E-state index < -0.39 is 0 Å². The third-order valence-electron chi connectivity index (χ3n) is 3.07. The summed E-state index contributed by atoms with van der Waals surface area (Å²) in [5.74, 6) is 1.90. The lowest BCUT2D eigenvalue weighted by molar-refractivity contribution is -0.116. The Kier molecular flexibility index (Phi) is 5.56. The van der Waals surface area contributed by atoms with Crippen LogP contribution in [0.2, 0.25) is 0 Å². The number of benzene rings is 1. The van der Waals surface area contributed by atoms with Gasteiger partial charge in [0.15, 0.2) is 5.78 Å². The molecule has 0 bridgehead atoms. The van der Waals surface area contributed by atoms with Crippen LogP contribution in [0.4, 0.5) is 0 Å². The number of thioether (sulfide) groups is 1. The summed E-state index contributed by atoms with van der Waals surface area (Å²) in [4.78, 5) is 17.5. The molecule has 0 saturated carbocycles. The quantitative estimate of drug-likeness (QED) is 0.737. The topological polar surface area (TPSA) is 47.8 Å². The van der Waals surface area contributed by atoms with Gasteiger partial charge in [-0.15, -0.1) is 11.8 Å². The molecule has 112 valence electrons. The van der Waals surface area contributed by atoms with Gasteiger partial charge in [-0.3, -0.25) is 4.79 Å². The Hall–Kier alpha value is -1.62. The molecule has 0 radical (unpaired) electrons. The van der Waals surface area contributed by atoms with Crippen LogP contribution in [0.5, 0.6) is 0 Å². The van der Waals surface area contributed by atoms with E-state index in [1.807, 2.05) is 16.8 Å². The van der Waals surface area contributed by atoms with Crippen LogP contribution in [-0.2, 0) is 17.8 Å². The van der Waals surface area contributed by atoms with Gasteiger partial charge in [0.05, 0.1) is 12.2 Å². The van der Waals surface area contributed by atoms with Crippen molar-refractivity contribution in [2.24, 2.45) is 5.92 Å². The van der Waals surface area contributed by atoms with Crippen molar-refractivity contribution < 1.29 is 4.79 Å². The van der Waals surface area contributed by atoms with Crippen LogP contribution in [0.3, 0.4) is 0 Å². The lowest BCUT2D eigenvalue weighted by Crippen LogP contribution is -2.15. The minimum Gasteiger partial charge on any atom is -0.298 e. The van der Waals surface area contributed by atoms with Gasteiger partial charge in [-0.05, 0) is 24.5 Å². The van der Waals surface area contributed by atoms with Gasteiger partial charge >= 0.3 is 0 Å². The highest BCUT2D eigenvalue weighted by atomic mass is 32.2. The van der Waals surface area contributed by atoms with Crippen molar-refractivity contribution in [3.05, 3.63) is 42.0 Å². The smallest absolute Gasteiger partial charge is 0.150 e. The minimum atomic E-state index is 0.182. The Morgan fingerprint density at radius 2 is 2.10 bits per heavy atom. The summed E-state index contributed by atoms with van der Waals surface area (Å²) in [6, 6.07) is 8.12. The number of hydrogen-bond acceptors (Lipinski definition) is 4. The molecule has 2 rings (SSSR count). The van der Waals surface area contributed by atoms with Crippen LogP contribution < -0.4 is 0 Å². The van der Waals surface area contributed by atoms with Crippen LogP contribution in [0.25, 0.3) is 0 Å². The standard InChI is InChI=1S/C16H21N3OS/c1-12(2)9-19-16(17-11-18-19)8-14(20)10-21-15-7-5-4-6-13(15)3/h4-7,11-12H,8-10H2,1-3H3. The predicted octanol–water partition coefficient (Wildman–Crippen LogP) is 3.15. The number of nitrogens with zero attached hydrogens (tertiary/aromatic N) is 3. The van der Waals surface area contributed by atoms with Crippen LogP contribution in [0.15, 0.2) is 35.5 Å². The average molecular weight is 303 g/mol. The normalized spacial score (nSPS) is 11.0. The van der Waals surface area contributed by atoms with Crippen LogP contribution in [-0.4, -0.2) is 26.3 Å². The van der Waals surface area contributed by atoms with Crippen LogP contribution in [0, 0.1) is 12.8 Å². The maximum absolute atomic E-state index is 12.1. The fourth-order valence-corrected chi connectivity index (χ4v) is 2.92. The molecule has 0 atom stereocenters. The molecule has 2 aromatic rings. The van der Waals surface area contributed by atoms with Crippen molar-refractivity contribution in [2.45, 2.75) is 38.6 Å². The second-order valence-electron chi connectivity index (χ2n) is 5.52. The molecule has 0 aliphatic carbocycles. The highest BCUT2D eigenvalue weighted by Crippen LogP contribution is 2.21. The fraction of sp³-hybridized carbons (Fsp3) is 0.438. The zero-order valence-electron chi connectivity index (χ0n) is 12.7. The van der Waals surface area contributed by atoms with Crippen molar-refractivity contribution >= 4 is 17.5 Å². The number of carbonyl (C=O) groups excluding carboxylic acids is 1. The highest BCUT2D eigenvalue weighted by molar-refractivity contribution is 8.00. The lowest BCUT2D eigenvalue weighted by atomic mass is 10.2. The second-order valence-corrected chi connectivity index (χ2v) is 6.54. The molecular formula is C16H21N3OS. The zero-order valence-corrected chi connectivity index (χ0v) is 13.6. The van der Waals surface area contributed by atoms with Gasteiger partial charge in [0.25, 0.3) is 0 Å². The summed E-state index contributed by atoms with van der Waals surface area (Å²) in [7, 11) is 0. The van der Waals surface area contributed by atoms with E-state index in [0.717, 1.165) is 17.3 Å². The average Bonchev–Trinajstić information content (AvgIpc) is 2.84. The van der Waals surface area contributed by atoms with E-state index in [1.54, 1.807) is 11.8 Å². The summed E-state index contributed by atoms with van der Waals surface area (Å²) >= 11 is 1.59. The molecule has 0 fully saturated rings. The van der Waals surface area contributed by atoms with Crippen molar-refractivity contribution in [1.29, 1.82) is 0 Å². The van der Waals surface area contributed by atoms with Gasteiger partial charge in [-0.2, -0.15) is 5.10 Å². The Balaban J connectivity index is 1.90. The first-order chi connectivity index (χ1) is 10.1. The summed E-state index contributed by atoms with van der Waals surface area (Å²) in [5.41, 5.74) is 1.21. The second kappa shape index (κ2) is 7.41. The van der Waals surface area contributed by atoms with Crippen LogP contribution in [0.1, 0.15) is 25.2 Å². The Morgan fingerprint density at radius 1 is 1.33 bits per heavy atom. The van der Waals surface area contributed by atoms with Crippen molar-refractivity contribution in [2.75, 3.05) is 5.75 Å². The van der Waals surface area contributed by atoms with E-state index in [1.165, 1.54) is 11.9 Å². The van der Waals surface area contributed by atoms with E-state index in [0.29, 0.717) is 18.1 Å². The van der Waals surface area contributed by atoms with Gasteiger partial charge in [-0.1, -0.05) is 32.0 Å². The van der Waals surface area contributed by atoms with Gasteiger partial charge in [-0.25, -0.2) is 9.67 Å². The first kappa shape index (κ1) is 15.8. The third kappa shape index (κ3) is 4.70. The van der Waals surface area contributed by atoms with Gasteiger partial charge in [0, 0.05) is 11.4 Å². The Bertz CT molecular complexity index is 607. The van der Waals surface area contributed by atoms with E-state index in [-0.39, 0.29) is 5.78 Å². The number of hydrogen-bond donors (Lipinski definition) is 0. The highest BCUT2D eigenvalue weighted by Gasteiger charge is 2.12. The molecule has 0 spiro atoms. The molecule has 0 saturated heterocycles. The zero-order chi connectivity index (χ0) is 15.2. The Labute approximate surface area is 130 Å². The molecule has 5 heteroatoms. The molecule has 1 aromatic heterocycles. The maximum Gasteiger partial charge on any atom is 0.150 e. The molecule has 4 nitrogen and oxygen atoms in total. The first-order valence-electron chi connectivity index (χ1n) is 7.13. The number of ketones is 1. The molecule has 0 unspecified atom stereocenters.